The van der Waals surface area contributed by atoms with Crippen LogP contribution in [-0.2, 0) is 29.0 Å². The highest BCUT2D eigenvalue weighted by molar-refractivity contribution is 7.81. The number of hydroxylamine groups is 1. The van der Waals surface area contributed by atoms with E-state index in [9.17, 15) is 9.00 Å². The molecule has 0 saturated carbocycles. The van der Waals surface area contributed by atoms with Crippen molar-refractivity contribution in [2.45, 2.75) is 19.4 Å². The first-order chi connectivity index (χ1) is 17.9. The van der Waals surface area contributed by atoms with Gasteiger partial charge in [-0.15, -0.1) is 0 Å². The minimum Gasteiger partial charge on any atom is -0.495 e. The summed E-state index contributed by atoms with van der Waals surface area (Å²) in [6, 6.07) is 10.9. The van der Waals surface area contributed by atoms with Gasteiger partial charge in [0.15, 0.2) is 0 Å². The SMILES string of the molecule is COc1cc(-c2cc(OC)c(-n3c4c(ccc3=O)CN(S(=O)/N=C3\CCON3)CC4)cc2F)ccc1Cl. The van der Waals surface area contributed by atoms with Crippen molar-refractivity contribution < 1.29 is 22.9 Å². The molecule has 1 atom stereocenters. The maximum Gasteiger partial charge on any atom is 0.255 e. The highest BCUT2D eigenvalue weighted by Crippen LogP contribution is 2.36. The van der Waals surface area contributed by atoms with E-state index in [2.05, 4.69) is 9.88 Å². The fourth-order valence-corrected chi connectivity index (χ4v) is 5.54. The highest BCUT2D eigenvalue weighted by Gasteiger charge is 2.26. The van der Waals surface area contributed by atoms with E-state index in [4.69, 9.17) is 25.9 Å². The second kappa shape index (κ2) is 10.6. The molecule has 37 heavy (non-hydrogen) atoms. The molecule has 2 aliphatic heterocycles. The molecule has 1 unspecified atom stereocenters. The monoisotopic (exact) mass is 546 g/mol. The average molecular weight is 547 g/mol. The predicted molar refractivity (Wildman–Crippen MR) is 139 cm³/mol. The van der Waals surface area contributed by atoms with Crippen LogP contribution in [0.1, 0.15) is 17.7 Å². The van der Waals surface area contributed by atoms with Crippen molar-refractivity contribution >= 4 is 28.6 Å². The normalized spacial score (nSPS) is 17.4. The summed E-state index contributed by atoms with van der Waals surface area (Å²) >= 11 is 4.51. The van der Waals surface area contributed by atoms with Crippen molar-refractivity contribution in [1.29, 1.82) is 0 Å². The lowest BCUT2D eigenvalue weighted by Crippen LogP contribution is -2.36. The first-order valence-corrected chi connectivity index (χ1v) is 12.9. The largest absolute Gasteiger partial charge is 0.495 e. The number of nitrogens with zero attached hydrogens (tertiary/aromatic N) is 3. The zero-order chi connectivity index (χ0) is 26.1. The Morgan fingerprint density at radius 1 is 1.11 bits per heavy atom. The summed E-state index contributed by atoms with van der Waals surface area (Å²) in [7, 11) is 2.95. The predicted octanol–water partition coefficient (Wildman–Crippen LogP) is 3.57. The molecule has 2 aromatic carbocycles. The fourth-order valence-electron chi connectivity index (χ4n) is 4.41. The lowest BCUT2D eigenvalue weighted by molar-refractivity contribution is 0.122. The molecule has 1 saturated heterocycles. The molecular formula is C25H24ClFN4O5S. The van der Waals surface area contributed by atoms with Crippen LogP contribution in [0.5, 0.6) is 11.5 Å². The van der Waals surface area contributed by atoms with Crippen LogP contribution in [0.4, 0.5) is 4.39 Å². The van der Waals surface area contributed by atoms with E-state index in [0.29, 0.717) is 66.2 Å². The molecule has 0 aliphatic carbocycles. The van der Waals surface area contributed by atoms with Crippen LogP contribution in [0.2, 0.25) is 5.02 Å². The minimum atomic E-state index is -1.61. The van der Waals surface area contributed by atoms with Gasteiger partial charge in [-0.2, -0.15) is 4.40 Å². The number of fused-ring (bicyclic) bond motifs is 1. The zero-order valence-corrected chi connectivity index (χ0v) is 21.7. The summed E-state index contributed by atoms with van der Waals surface area (Å²) in [4.78, 5) is 18.1. The number of pyridine rings is 1. The molecule has 5 rings (SSSR count). The van der Waals surface area contributed by atoms with Crippen molar-refractivity contribution in [3.05, 3.63) is 74.9 Å². The number of methoxy groups -OCH3 is 2. The summed E-state index contributed by atoms with van der Waals surface area (Å²) in [5, 5.41) is 0.409. The van der Waals surface area contributed by atoms with Crippen LogP contribution >= 0.6 is 11.6 Å². The molecule has 3 aromatic rings. The van der Waals surface area contributed by atoms with E-state index in [1.807, 2.05) is 0 Å². The summed E-state index contributed by atoms with van der Waals surface area (Å²) < 4.78 is 46.5. The second-order valence-electron chi connectivity index (χ2n) is 8.41. The molecule has 194 valence electrons. The number of ether oxygens (including phenoxy) is 2. The molecule has 1 aromatic heterocycles. The van der Waals surface area contributed by atoms with Gasteiger partial charge in [0.05, 0.1) is 31.5 Å². The Morgan fingerprint density at radius 3 is 2.65 bits per heavy atom. The first kappa shape index (κ1) is 25.4. The quantitative estimate of drug-likeness (QED) is 0.508. The number of aromatic nitrogens is 1. The fraction of sp³-hybridized carbons (Fsp3) is 0.280. The molecule has 3 heterocycles. The van der Waals surface area contributed by atoms with E-state index in [1.54, 1.807) is 34.6 Å². The Hall–Kier alpha value is -3.25. The van der Waals surface area contributed by atoms with E-state index in [1.165, 1.54) is 30.9 Å². The van der Waals surface area contributed by atoms with Gasteiger partial charge in [0.2, 0.25) is 11.2 Å². The number of nitrogens with one attached hydrogen (secondary N) is 1. The molecular weight excluding hydrogens is 523 g/mol. The third-order valence-corrected chi connectivity index (χ3v) is 7.69. The Balaban J connectivity index is 1.53. The topological polar surface area (TPSA) is 94.4 Å². The van der Waals surface area contributed by atoms with Gasteiger partial charge < -0.3 is 9.47 Å². The maximum absolute atomic E-state index is 15.5. The van der Waals surface area contributed by atoms with Crippen LogP contribution in [0.25, 0.3) is 16.8 Å². The van der Waals surface area contributed by atoms with Crippen molar-refractivity contribution in [2.24, 2.45) is 4.40 Å². The van der Waals surface area contributed by atoms with Gasteiger partial charge in [0, 0.05) is 49.3 Å². The number of hydrogen-bond donors (Lipinski definition) is 1. The molecule has 0 spiro atoms. The first-order valence-electron chi connectivity index (χ1n) is 11.5. The second-order valence-corrected chi connectivity index (χ2v) is 9.98. The Labute approximate surface area is 220 Å². The third-order valence-electron chi connectivity index (χ3n) is 6.24. The van der Waals surface area contributed by atoms with Crippen molar-refractivity contribution in [3.63, 3.8) is 0 Å². The Morgan fingerprint density at radius 2 is 1.92 bits per heavy atom. The van der Waals surface area contributed by atoms with E-state index in [0.717, 1.165) is 5.56 Å². The number of benzene rings is 2. The molecule has 1 fully saturated rings. The number of hydrogen-bond acceptors (Lipinski definition) is 5. The summed E-state index contributed by atoms with van der Waals surface area (Å²) in [6.07, 6.45) is 0.979. The van der Waals surface area contributed by atoms with Crippen molar-refractivity contribution in [1.82, 2.24) is 14.4 Å². The van der Waals surface area contributed by atoms with Gasteiger partial charge >= 0.3 is 0 Å². The van der Waals surface area contributed by atoms with Gasteiger partial charge in [-0.25, -0.2) is 12.9 Å². The van der Waals surface area contributed by atoms with Crippen LogP contribution in [0.15, 0.2) is 51.7 Å². The lowest BCUT2D eigenvalue weighted by Gasteiger charge is -2.28. The van der Waals surface area contributed by atoms with E-state index in [-0.39, 0.29) is 16.8 Å². The third kappa shape index (κ3) is 4.99. The molecule has 12 heteroatoms. The molecule has 2 aliphatic rings. The van der Waals surface area contributed by atoms with Gasteiger partial charge in [-0.05, 0) is 29.3 Å². The van der Waals surface area contributed by atoms with Crippen LogP contribution < -0.4 is 20.5 Å². The summed E-state index contributed by atoms with van der Waals surface area (Å²) in [5.74, 6) is 0.738. The molecule has 0 bridgehead atoms. The molecule has 0 amide bonds. The van der Waals surface area contributed by atoms with Crippen molar-refractivity contribution in [3.8, 4) is 28.3 Å². The Kier molecular flexibility index (Phi) is 7.29. The number of amidine groups is 1. The molecule has 1 N–H and O–H groups in total. The van der Waals surface area contributed by atoms with Gasteiger partial charge in [-0.3, -0.25) is 19.7 Å². The van der Waals surface area contributed by atoms with Gasteiger partial charge in [0.25, 0.3) is 5.56 Å². The van der Waals surface area contributed by atoms with Gasteiger partial charge in [-0.1, -0.05) is 23.7 Å². The molecule has 9 nitrogen and oxygen atoms in total. The van der Waals surface area contributed by atoms with Gasteiger partial charge in [0.1, 0.15) is 23.2 Å². The summed E-state index contributed by atoms with van der Waals surface area (Å²) in [6.45, 7) is 1.19. The van der Waals surface area contributed by atoms with Crippen LogP contribution in [0.3, 0.4) is 0 Å². The lowest BCUT2D eigenvalue weighted by atomic mass is 10.0. The van der Waals surface area contributed by atoms with E-state index < -0.39 is 17.0 Å². The average Bonchev–Trinajstić information content (AvgIpc) is 3.41. The van der Waals surface area contributed by atoms with Crippen molar-refractivity contribution in [2.75, 3.05) is 27.4 Å². The molecule has 0 radical (unpaired) electrons. The standard InChI is InChI=1S/C25H24ClFN4O5S/c1-34-22-11-15(3-5-18(22)26)17-12-23(35-2)21(13-19(17)27)31-20-7-9-30(14-16(20)4-6-25(31)32)37(33)29-24-8-10-36-28-24/h3-6,11-13H,7-10,14H2,1-2H3,(H,28,29). The zero-order valence-electron chi connectivity index (χ0n) is 20.1. The van der Waals surface area contributed by atoms with Crippen LogP contribution in [0, 0.1) is 5.82 Å². The summed E-state index contributed by atoms with van der Waals surface area (Å²) in [5.41, 5.74) is 4.94. The Bertz CT molecular complexity index is 1470. The smallest absolute Gasteiger partial charge is 0.255 e. The minimum absolute atomic E-state index is 0.276. The highest BCUT2D eigenvalue weighted by atomic mass is 35.5. The number of halogens is 2. The van der Waals surface area contributed by atoms with Crippen LogP contribution in [-0.4, -0.2) is 46.3 Å². The number of rotatable bonds is 6. The maximum atomic E-state index is 15.5. The van der Waals surface area contributed by atoms with E-state index >= 15 is 4.39 Å².